The van der Waals surface area contributed by atoms with Gasteiger partial charge in [0, 0.05) is 36.6 Å². The zero-order valence-electron chi connectivity index (χ0n) is 21.5. The third-order valence-electron chi connectivity index (χ3n) is 6.71. The number of amides is 1. The minimum absolute atomic E-state index is 0. The summed E-state index contributed by atoms with van der Waals surface area (Å²) >= 11 is 0. The highest BCUT2D eigenvalue weighted by molar-refractivity contribution is 5.97. The summed E-state index contributed by atoms with van der Waals surface area (Å²) in [4.78, 5) is 17.2. The third kappa shape index (κ3) is 8.23. The molecule has 7 nitrogen and oxygen atoms in total. The molecule has 1 heterocycles. The molecule has 0 atom stereocenters. The molecule has 0 aliphatic carbocycles. The number of benzene rings is 3. The third-order valence-corrected chi connectivity index (χ3v) is 6.71. The minimum atomic E-state index is -0.110. The molecule has 3 aromatic carbocycles. The number of hydrogen-bond acceptors (Lipinski definition) is 4. The maximum atomic E-state index is 13.0. The molecule has 5 N–H and O–H groups in total. The van der Waals surface area contributed by atoms with E-state index in [9.17, 15) is 4.79 Å². The van der Waals surface area contributed by atoms with Crippen LogP contribution in [0.3, 0.4) is 0 Å². The number of carbonyl (C=O) groups excluding carboxylic acids is 1. The van der Waals surface area contributed by atoms with E-state index in [2.05, 4.69) is 22.3 Å². The molecule has 4 rings (SSSR count). The van der Waals surface area contributed by atoms with E-state index in [1.165, 1.54) is 5.56 Å². The number of rotatable bonds is 8. The smallest absolute Gasteiger partial charge is 0.243 e. The van der Waals surface area contributed by atoms with Crippen molar-refractivity contribution in [2.75, 3.05) is 29.9 Å². The molecule has 1 amide bonds. The first-order chi connectivity index (χ1) is 17.4. The maximum Gasteiger partial charge on any atom is 0.243 e. The summed E-state index contributed by atoms with van der Waals surface area (Å²) in [5, 5.41) is 18.6. The molecule has 1 fully saturated rings. The molecule has 9 heteroatoms. The normalized spacial score (nSPS) is 13.0. The van der Waals surface area contributed by atoms with E-state index < -0.39 is 0 Å². The summed E-state index contributed by atoms with van der Waals surface area (Å²) in [7, 11) is 0. The molecule has 0 unspecified atom stereocenters. The molecular weight excluding hydrogens is 519 g/mol. The van der Waals surface area contributed by atoms with Crippen LogP contribution in [0.4, 0.5) is 11.4 Å². The van der Waals surface area contributed by atoms with Gasteiger partial charge in [-0.3, -0.25) is 15.6 Å². The zero-order chi connectivity index (χ0) is 25.5. The first-order valence-corrected chi connectivity index (χ1v) is 12.3. The Bertz CT molecular complexity index is 1210. The Kier molecular flexibility index (Phi) is 11.6. The van der Waals surface area contributed by atoms with E-state index in [0.29, 0.717) is 23.9 Å². The van der Waals surface area contributed by atoms with Crippen LogP contribution in [0.1, 0.15) is 42.4 Å². The van der Waals surface area contributed by atoms with Crippen LogP contribution in [0, 0.1) is 10.8 Å². The molecule has 1 saturated heterocycles. The highest BCUT2D eigenvalue weighted by Crippen LogP contribution is 2.29. The number of nitrogens with two attached hydrogens (primary N) is 1. The predicted molar refractivity (Wildman–Crippen MR) is 161 cm³/mol. The van der Waals surface area contributed by atoms with Gasteiger partial charge in [-0.05, 0) is 61.1 Å². The second kappa shape index (κ2) is 14.4. The van der Waals surface area contributed by atoms with E-state index in [0.717, 1.165) is 42.9 Å². The monoisotopic (exact) mass is 554 g/mol. The topological polar surface area (TPSA) is 109 Å². The van der Waals surface area contributed by atoms with Crippen molar-refractivity contribution >= 4 is 53.8 Å². The molecule has 38 heavy (non-hydrogen) atoms. The standard InChI is InChI=1S/C29H34N6O.2ClH/c1-21(30)34-16-14-24(15-17-34)23-10-12-26(13-11-23)33-28(36)20-35(19-22-6-3-2-4-7-22)27-9-5-8-25(18-27)29(31)32;;/h2-13,18,24,30H,14-17,19-20H2,1H3,(H3,31,32)(H,33,36);2*1H. The molecule has 0 radical (unpaired) electrons. The number of likely N-dealkylation sites (tertiary alicyclic amines) is 1. The van der Waals surface area contributed by atoms with Crippen LogP contribution in [-0.4, -0.2) is 42.1 Å². The number of hydrogen-bond donors (Lipinski definition) is 4. The van der Waals surface area contributed by atoms with Gasteiger partial charge < -0.3 is 20.9 Å². The van der Waals surface area contributed by atoms with Crippen molar-refractivity contribution in [2.45, 2.75) is 32.2 Å². The van der Waals surface area contributed by atoms with Gasteiger partial charge in [-0.25, -0.2) is 0 Å². The Morgan fingerprint density at radius 3 is 2.24 bits per heavy atom. The first kappa shape index (κ1) is 30.7. The summed E-state index contributed by atoms with van der Waals surface area (Å²) < 4.78 is 0. The average Bonchev–Trinajstić information content (AvgIpc) is 2.89. The summed E-state index contributed by atoms with van der Waals surface area (Å²) in [5.74, 6) is 1.02. The fourth-order valence-electron chi connectivity index (χ4n) is 4.67. The lowest BCUT2D eigenvalue weighted by molar-refractivity contribution is -0.115. The van der Waals surface area contributed by atoms with Gasteiger partial charge in [-0.2, -0.15) is 0 Å². The van der Waals surface area contributed by atoms with Gasteiger partial charge in [0.25, 0.3) is 0 Å². The molecule has 0 saturated carbocycles. The van der Waals surface area contributed by atoms with E-state index in [1.807, 2.05) is 72.5 Å². The van der Waals surface area contributed by atoms with Crippen molar-refractivity contribution in [1.29, 1.82) is 10.8 Å². The summed E-state index contributed by atoms with van der Waals surface area (Å²) in [6, 6.07) is 25.6. The molecule has 1 aliphatic heterocycles. The summed E-state index contributed by atoms with van der Waals surface area (Å²) in [6.45, 7) is 4.40. The van der Waals surface area contributed by atoms with Gasteiger partial charge >= 0.3 is 0 Å². The number of nitrogens with zero attached hydrogens (tertiary/aromatic N) is 2. The quantitative estimate of drug-likeness (QED) is 0.213. The number of amidine groups is 2. The second-order valence-corrected chi connectivity index (χ2v) is 9.32. The average molecular weight is 556 g/mol. The Hall–Kier alpha value is -3.55. The lowest BCUT2D eigenvalue weighted by Crippen LogP contribution is -2.36. The summed E-state index contributed by atoms with van der Waals surface area (Å²) in [5.41, 5.74) is 10.3. The molecule has 0 spiro atoms. The van der Waals surface area contributed by atoms with Crippen LogP contribution in [-0.2, 0) is 11.3 Å². The fourth-order valence-corrected chi connectivity index (χ4v) is 4.67. The second-order valence-electron chi connectivity index (χ2n) is 9.32. The van der Waals surface area contributed by atoms with Gasteiger partial charge in [0.15, 0.2) is 0 Å². The number of piperidine rings is 1. The molecular formula is C29H36Cl2N6O. The molecule has 0 bridgehead atoms. The number of nitrogen functional groups attached to an aromatic ring is 1. The van der Waals surface area contributed by atoms with Crippen LogP contribution in [0.25, 0.3) is 0 Å². The highest BCUT2D eigenvalue weighted by atomic mass is 35.5. The molecule has 202 valence electrons. The highest BCUT2D eigenvalue weighted by Gasteiger charge is 2.21. The Morgan fingerprint density at radius 2 is 1.63 bits per heavy atom. The van der Waals surface area contributed by atoms with Gasteiger partial charge in [0.05, 0.1) is 12.4 Å². The minimum Gasteiger partial charge on any atom is -0.384 e. The number of halogens is 2. The van der Waals surface area contributed by atoms with Gasteiger partial charge in [0.1, 0.15) is 5.84 Å². The van der Waals surface area contributed by atoms with Crippen molar-refractivity contribution in [3.8, 4) is 0 Å². The zero-order valence-corrected chi connectivity index (χ0v) is 23.2. The maximum absolute atomic E-state index is 13.0. The number of nitrogens with one attached hydrogen (secondary N) is 3. The Morgan fingerprint density at radius 1 is 0.974 bits per heavy atom. The van der Waals surface area contributed by atoms with Gasteiger partial charge in [0.2, 0.25) is 5.91 Å². The van der Waals surface area contributed by atoms with Crippen LogP contribution in [0.5, 0.6) is 0 Å². The SMILES string of the molecule is CC(=N)N1CCC(c2ccc(NC(=O)CN(Cc3ccccc3)c3cccc(C(=N)N)c3)cc2)CC1.Cl.Cl. The van der Waals surface area contributed by atoms with Crippen molar-refractivity contribution < 1.29 is 4.79 Å². The van der Waals surface area contributed by atoms with Crippen molar-refractivity contribution in [3.63, 3.8) is 0 Å². The first-order valence-electron chi connectivity index (χ1n) is 12.3. The fraction of sp³-hybridized carbons (Fsp3) is 0.276. The van der Waals surface area contributed by atoms with Crippen LogP contribution >= 0.6 is 24.8 Å². The largest absolute Gasteiger partial charge is 0.384 e. The number of anilines is 2. The van der Waals surface area contributed by atoms with Crippen LogP contribution in [0.2, 0.25) is 0 Å². The Labute approximate surface area is 237 Å². The lowest BCUT2D eigenvalue weighted by Gasteiger charge is -2.33. The lowest BCUT2D eigenvalue weighted by atomic mass is 9.89. The van der Waals surface area contributed by atoms with E-state index in [1.54, 1.807) is 6.07 Å². The predicted octanol–water partition coefficient (Wildman–Crippen LogP) is 5.64. The van der Waals surface area contributed by atoms with Crippen LogP contribution < -0.4 is 16.0 Å². The van der Waals surface area contributed by atoms with Gasteiger partial charge in [-0.15, -0.1) is 24.8 Å². The van der Waals surface area contributed by atoms with E-state index >= 15 is 0 Å². The molecule has 1 aliphatic rings. The van der Waals surface area contributed by atoms with Crippen molar-refractivity contribution in [1.82, 2.24) is 4.90 Å². The van der Waals surface area contributed by atoms with E-state index in [-0.39, 0.29) is 43.1 Å². The summed E-state index contributed by atoms with van der Waals surface area (Å²) in [6.07, 6.45) is 2.07. The van der Waals surface area contributed by atoms with Crippen molar-refractivity contribution in [3.05, 3.63) is 95.6 Å². The van der Waals surface area contributed by atoms with Gasteiger partial charge in [-0.1, -0.05) is 54.6 Å². The van der Waals surface area contributed by atoms with Crippen molar-refractivity contribution in [2.24, 2.45) is 5.73 Å². The molecule has 0 aromatic heterocycles. The van der Waals surface area contributed by atoms with Crippen LogP contribution in [0.15, 0.2) is 78.9 Å². The Balaban J connectivity index is 0.00000253. The molecule has 3 aromatic rings. The number of carbonyl (C=O) groups is 1. The van der Waals surface area contributed by atoms with E-state index in [4.69, 9.17) is 16.6 Å².